The molecular weight excluding hydrogens is 336 g/mol. The minimum absolute atomic E-state index is 0.0132. The molecule has 6 nitrogen and oxygen atoms in total. The predicted molar refractivity (Wildman–Crippen MR) is 99.7 cm³/mol. The quantitative estimate of drug-likeness (QED) is 0.520. The van der Waals surface area contributed by atoms with E-state index in [4.69, 9.17) is 4.74 Å². The van der Waals surface area contributed by atoms with Crippen LogP contribution in [0.5, 0.6) is 0 Å². The van der Waals surface area contributed by atoms with Gasteiger partial charge in [0, 0.05) is 26.8 Å². The van der Waals surface area contributed by atoms with Crippen molar-refractivity contribution in [1.82, 2.24) is 20.1 Å². The number of methoxy groups -OCH3 is 1. The van der Waals surface area contributed by atoms with E-state index in [1.54, 1.807) is 13.4 Å². The Kier molecular flexibility index (Phi) is 7.94. The average molecular weight is 362 g/mol. The van der Waals surface area contributed by atoms with E-state index in [2.05, 4.69) is 34.6 Å². The van der Waals surface area contributed by atoms with Crippen molar-refractivity contribution in [2.75, 3.05) is 20.3 Å². The summed E-state index contributed by atoms with van der Waals surface area (Å²) in [5, 5.41) is 11.6. The summed E-state index contributed by atoms with van der Waals surface area (Å²) in [6.45, 7) is 6.09. The van der Waals surface area contributed by atoms with E-state index in [1.807, 2.05) is 29.7 Å². The molecular formula is C18H26N4O2S. The molecule has 2 unspecified atom stereocenters. The highest BCUT2D eigenvalue weighted by Gasteiger charge is 2.18. The van der Waals surface area contributed by atoms with Crippen LogP contribution in [0, 0.1) is 0 Å². The van der Waals surface area contributed by atoms with Gasteiger partial charge < -0.3 is 14.6 Å². The number of hydrogen-bond acceptors (Lipinski definition) is 5. The maximum Gasteiger partial charge on any atom is 0.233 e. The van der Waals surface area contributed by atoms with E-state index in [-0.39, 0.29) is 17.1 Å². The summed E-state index contributed by atoms with van der Waals surface area (Å²) >= 11 is 1.43. The third kappa shape index (κ3) is 6.17. The molecule has 0 saturated carbocycles. The molecule has 0 aliphatic heterocycles. The van der Waals surface area contributed by atoms with Gasteiger partial charge in [-0.15, -0.1) is 10.2 Å². The number of ether oxygens (including phenoxy) is 1. The van der Waals surface area contributed by atoms with E-state index in [9.17, 15) is 4.79 Å². The standard InChI is InChI=1S/C18H26N4O2S/c1-14(16-8-5-4-6-9-16)12-19-17(23)15(2)25-18-21-20-13-22(18)10-7-11-24-3/h4-6,8-9,13-15H,7,10-12H2,1-3H3,(H,19,23). The molecule has 0 saturated heterocycles. The van der Waals surface area contributed by atoms with Crippen LogP contribution < -0.4 is 5.32 Å². The molecule has 1 aromatic carbocycles. The minimum Gasteiger partial charge on any atom is -0.385 e. The van der Waals surface area contributed by atoms with Gasteiger partial charge in [0.15, 0.2) is 5.16 Å². The molecule has 7 heteroatoms. The summed E-state index contributed by atoms with van der Waals surface area (Å²) < 4.78 is 7.02. The summed E-state index contributed by atoms with van der Waals surface area (Å²) in [6.07, 6.45) is 2.58. The number of aryl methyl sites for hydroxylation is 1. The molecule has 0 spiro atoms. The number of carbonyl (C=O) groups excluding carboxylic acids is 1. The van der Waals surface area contributed by atoms with Crippen molar-refractivity contribution in [2.45, 2.75) is 43.1 Å². The second-order valence-electron chi connectivity index (χ2n) is 5.97. The number of carbonyl (C=O) groups is 1. The molecule has 1 heterocycles. The molecule has 0 radical (unpaired) electrons. The summed E-state index contributed by atoms with van der Waals surface area (Å²) in [5.74, 6) is 0.291. The van der Waals surface area contributed by atoms with Crippen LogP contribution in [-0.4, -0.2) is 46.2 Å². The first-order chi connectivity index (χ1) is 12.1. The van der Waals surface area contributed by atoms with E-state index in [1.165, 1.54) is 17.3 Å². The first-order valence-corrected chi connectivity index (χ1v) is 9.35. The van der Waals surface area contributed by atoms with Crippen molar-refractivity contribution >= 4 is 17.7 Å². The number of amides is 1. The van der Waals surface area contributed by atoms with Gasteiger partial charge in [0.1, 0.15) is 6.33 Å². The number of thioether (sulfide) groups is 1. The topological polar surface area (TPSA) is 69.0 Å². The molecule has 2 rings (SSSR count). The highest BCUT2D eigenvalue weighted by atomic mass is 32.2. The summed E-state index contributed by atoms with van der Waals surface area (Å²) in [4.78, 5) is 12.4. The second-order valence-corrected chi connectivity index (χ2v) is 7.28. The molecule has 136 valence electrons. The highest BCUT2D eigenvalue weighted by molar-refractivity contribution is 8.00. The Morgan fingerprint density at radius 1 is 1.32 bits per heavy atom. The third-order valence-electron chi connectivity index (χ3n) is 3.93. The fourth-order valence-corrected chi connectivity index (χ4v) is 3.25. The fraction of sp³-hybridized carbons (Fsp3) is 0.500. The second kappa shape index (κ2) is 10.2. The largest absolute Gasteiger partial charge is 0.385 e. The van der Waals surface area contributed by atoms with Crippen LogP contribution in [0.25, 0.3) is 0 Å². The Morgan fingerprint density at radius 2 is 2.08 bits per heavy atom. The van der Waals surface area contributed by atoms with Crippen LogP contribution >= 0.6 is 11.8 Å². The molecule has 2 aromatic rings. The van der Waals surface area contributed by atoms with Crippen molar-refractivity contribution in [2.24, 2.45) is 0 Å². The van der Waals surface area contributed by atoms with Crippen LogP contribution in [0.4, 0.5) is 0 Å². The van der Waals surface area contributed by atoms with Crippen molar-refractivity contribution in [3.05, 3.63) is 42.2 Å². The Balaban J connectivity index is 1.81. The molecule has 2 atom stereocenters. The van der Waals surface area contributed by atoms with Crippen LogP contribution in [0.2, 0.25) is 0 Å². The van der Waals surface area contributed by atoms with E-state index in [0.717, 1.165) is 18.1 Å². The van der Waals surface area contributed by atoms with Gasteiger partial charge in [-0.3, -0.25) is 4.79 Å². The lowest BCUT2D eigenvalue weighted by atomic mass is 10.0. The zero-order valence-corrected chi connectivity index (χ0v) is 15.8. The monoisotopic (exact) mass is 362 g/mol. The molecule has 0 bridgehead atoms. The Hall–Kier alpha value is -1.86. The van der Waals surface area contributed by atoms with Crippen molar-refractivity contribution in [3.63, 3.8) is 0 Å². The Labute approximate surface area is 153 Å². The molecule has 0 fully saturated rings. The maximum atomic E-state index is 12.4. The first kappa shape index (κ1) is 19.5. The zero-order valence-electron chi connectivity index (χ0n) is 15.0. The third-order valence-corrected chi connectivity index (χ3v) is 5.02. The molecule has 0 aliphatic rings. The van der Waals surface area contributed by atoms with E-state index >= 15 is 0 Å². The number of aromatic nitrogens is 3. The lowest BCUT2D eigenvalue weighted by molar-refractivity contribution is -0.120. The summed E-state index contributed by atoms with van der Waals surface area (Å²) in [6, 6.07) is 10.2. The molecule has 25 heavy (non-hydrogen) atoms. The number of nitrogens with zero attached hydrogens (tertiary/aromatic N) is 3. The van der Waals surface area contributed by atoms with Gasteiger partial charge in [-0.25, -0.2) is 0 Å². The molecule has 1 N–H and O–H groups in total. The van der Waals surface area contributed by atoms with Gasteiger partial charge >= 0.3 is 0 Å². The first-order valence-electron chi connectivity index (χ1n) is 8.48. The van der Waals surface area contributed by atoms with Crippen LogP contribution in [0.3, 0.4) is 0 Å². The number of benzene rings is 1. The molecule has 1 aromatic heterocycles. The van der Waals surface area contributed by atoms with Gasteiger partial charge in [0.2, 0.25) is 5.91 Å². The number of hydrogen-bond donors (Lipinski definition) is 1. The van der Waals surface area contributed by atoms with Gasteiger partial charge in [0.25, 0.3) is 0 Å². The normalized spacial score (nSPS) is 13.4. The smallest absolute Gasteiger partial charge is 0.233 e. The van der Waals surface area contributed by atoms with E-state index in [0.29, 0.717) is 13.2 Å². The predicted octanol–water partition coefficient (Wildman–Crippen LogP) is 2.72. The van der Waals surface area contributed by atoms with Gasteiger partial charge in [-0.05, 0) is 24.8 Å². The van der Waals surface area contributed by atoms with E-state index < -0.39 is 0 Å². The van der Waals surface area contributed by atoms with Crippen LogP contribution in [0.1, 0.15) is 31.7 Å². The van der Waals surface area contributed by atoms with Crippen molar-refractivity contribution in [3.8, 4) is 0 Å². The number of nitrogens with one attached hydrogen (secondary N) is 1. The van der Waals surface area contributed by atoms with Crippen molar-refractivity contribution < 1.29 is 9.53 Å². The summed E-state index contributed by atoms with van der Waals surface area (Å²) in [7, 11) is 1.69. The fourth-order valence-electron chi connectivity index (χ4n) is 2.38. The van der Waals surface area contributed by atoms with Crippen LogP contribution in [0.15, 0.2) is 41.8 Å². The molecule has 0 aliphatic carbocycles. The lowest BCUT2D eigenvalue weighted by Gasteiger charge is -2.16. The van der Waals surface area contributed by atoms with Crippen LogP contribution in [-0.2, 0) is 16.1 Å². The van der Waals surface area contributed by atoms with Gasteiger partial charge in [-0.2, -0.15) is 0 Å². The maximum absolute atomic E-state index is 12.4. The lowest BCUT2D eigenvalue weighted by Crippen LogP contribution is -2.33. The Morgan fingerprint density at radius 3 is 2.80 bits per heavy atom. The summed E-state index contributed by atoms with van der Waals surface area (Å²) in [5.41, 5.74) is 1.22. The Bertz CT molecular complexity index is 648. The van der Waals surface area contributed by atoms with Crippen molar-refractivity contribution in [1.29, 1.82) is 0 Å². The average Bonchev–Trinajstić information content (AvgIpc) is 3.07. The SMILES string of the molecule is COCCCn1cnnc1SC(C)C(=O)NCC(C)c1ccccc1. The highest BCUT2D eigenvalue weighted by Crippen LogP contribution is 2.21. The minimum atomic E-state index is -0.228. The zero-order chi connectivity index (χ0) is 18.1. The van der Waals surface area contributed by atoms with Gasteiger partial charge in [0.05, 0.1) is 5.25 Å². The van der Waals surface area contributed by atoms with Gasteiger partial charge in [-0.1, -0.05) is 49.0 Å². The molecule has 1 amide bonds. The number of rotatable bonds is 10.